The molecule has 0 aliphatic heterocycles. The number of oxazole rings is 1. The van der Waals surface area contributed by atoms with Crippen molar-refractivity contribution in [2.24, 2.45) is 0 Å². The highest BCUT2D eigenvalue weighted by atomic mass is 79.9. The molecule has 0 spiro atoms. The summed E-state index contributed by atoms with van der Waals surface area (Å²) >= 11 is 3.32. The highest BCUT2D eigenvalue weighted by Crippen LogP contribution is 2.25. The van der Waals surface area contributed by atoms with Crippen molar-refractivity contribution in [2.75, 3.05) is 14.2 Å². The van der Waals surface area contributed by atoms with Gasteiger partial charge in [-0.15, -0.1) is 0 Å². The molecule has 6 nitrogen and oxygen atoms in total. The van der Waals surface area contributed by atoms with Gasteiger partial charge >= 0.3 is 11.9 Å². The van der Waals surface area contributed by atoms with Crippen molar-refractivity contribution in [1.82, 2.24) is 4.98 Å². The Morgan fingerprint density at radius 3 is 2.50 bits per heavy atom. The van der Waals surface area contributed by atoms with Crippen molar-refractivity contribution in [2.45, 2.75) is 0 Å². The summed E-state index contributed by atoms with van der Waals surface area (Å²) in [4.78, 5) is 27.2. The number of hydrogen-bond acceptors (Lipinski definition) is 6. The minimum absolute atomic E-state index is 0.132. The van der Waals surface area contributed by atoms with Gasteiger partial charge in [0.2, 0.25) is 17.3 Å². The minimum Gasteiger partial charge on any atom is -0.464 e. The van der Waals surface area contributed by atoms with Gasteiger partial charge in [0.05, 0.1) is 14.2 Å². The third kappa shape index (κ3) is 2.72. The van der Waals surface area contributed by atoms with Crippen LogP contribution in [-0.2, 0) is 9.47 Å². The number of carbonyl (C=O) groups is 2. The first kappa shape index (κ1) is 14.3. The minimum atomic E-state index is -0.792. The highest BCUT2D eigenvalue weighted by molar-refractivity contribution is 9.10. The number of hydrogen-bond donors (Lipinski definition) is 0. The molecule has 1 aromatic heterocycles. The lowest BCUT2D eigenvalue weighted by molar-refractivity contribution is 0.0527. The van der Waals surface area contributed by atoms with E-state index in [-0.39, 0.29) is 17.3 Å². The van der Waals surface area contributed by atoms with Gasteiger partial charge in [-0.1, -0.05) is 22.0 Å². The van der Waals surface area contributed by atoms with E-state index >= 15 is 0 Å². The monoisotopic (exact) mass is 339 g/mol. The molecule has 0 amide bonds. The van der Waals surface area contributed by atoms with E-state index in [4.69, 9.17) is 4.42 Å². The maximum absolute atomic E-state index is 11.6. The Labute approximate surface area is 122 Å². The fourth-order valence-electron chi connectivity index (χ4n) is 1.53. The summed E-state index contributed by atoms with van der Waals surface area (Å²) in [6, 6.07) is 7.08. The number of halogens is 1. The average Bonchev–Trinajstić information content (AvgIpc) is 2.90. The van der Waals surface area contributed by atoms with Crippen molar-refractivity contribution in [1.29, 1.82) is 0 Å². The molecular weight excluding hydrogens is 330 g/mol. The Kier molecular flexibility index (Phi) is 4.19. The second-order valence-corrected chi connectivity index (χ2v) is 4.61. The lowest BCUT2D eigenvalue weighted by Gasteiger charge is -1.96. The molecule has 0 bridgehead atoms. The standard InChI is InChI=1S/C13H10BrNO5/c1-18-12(16)9-10(13(17)19-2)20-11(15-9)7-4-3-5-8(14)6-7/h3-6H,1-2H3. The summed E-state index contributed by atoms with van der Waals surface area (Å²) in [5.74, 6) is -1.71. The molecule has 0 aliphatic carbocycles. The topological polar surface area (TPSA) is 78.6 Å². The Morgan fingerprint density at radius 1 is 1.20 bits per heavy atom. The zero-order valence-corrected chi connectivity index (χ0v) is 12.3. The van der Waals surface area contributed by atoms with Crippen LogP contribution in [0.2, 0.25) is 0 Å². The third-order valence-electron chi connectivity index (χ3n) is 2.45. The first-order chi connectivity index (χ1) is 9.56. The fraction of sp³-hybridized carbons (Fsp3) is 0.154. The van der Waals surface area contributed by atoms with E-state index in [2.05, 4.69) is 30.4 Å². The second kappa shape index (κ2) is 5.87. The summed E-state index contributed by atoms with van der Waals surface area (Å²) in [5, 5.41) is 0. The molecule has 104 valence electrons. The van der Waals surface area contributed by atoms with E-state index in [0.717, 1.165) is 4.47 Å². The van der Waals surface area contributed by atoms with Crippen LogP contribution < -0.4 is 0 Å². The van der Waals surface area contributed by atoms with Gasteiger partial charge in [-0.3, -0.25) is 0 Å². The summed E-state index contributed by atoms with van der Waals surface area (Å²) in [6.07, 6.45) is 0. The molecule has 0 aliphatic rings. The van der Waals surface area contributed by atoms with Gasteiger partial charge in [-0.2, -0.15) is 0 Å². The Morgan fingerprint density at radius 2 is 1.90 bits per heavy atom. The van der Waals surface area contributed by atoms with Crippen molar-refractivity contribution < 1.29 is 23.5 Å². The molecule has 2 aromatic rings. The number of ether oxygens (including phenoxy) is 2. The fourth-order valence-corrected chi connectivity index (χ4v) is 1.93. The van der Waals surface area contributed by atoms with E-state index in [0.29, 0.717) is 5.56 Å². The van der Waals surface area contributed by atoms with Gasteiger partial charge in [0.25, 0.3) is 0 Å². The van der Waals surface area contributed by atoms with Gasteiger partial charge in [-0.05, 0) is 18.2 Å². The first-order valence-electron chi connectivity index (χ1n) is 5.50. The van der Waals surface area contributed by atoms with Crippen LogP contribution in [0.5, 0.6) is 0 Å². The van der Waals surface area contributed by atoms with E-state index in [1.54, 1.807) is 18.2 Å². The van der Waals surface area contributed by atoms with Gasteiger partial charge in [0.15, 0.2) is 0 Å². The van der Waals surface area contributed by atoms with Gasteiger partial charge in [-0.25, -0.2) is 14.6 Å². The zero-order chi connectivity index (χ0) is 14.7. The number of nitrogens with zero attached hydrogens (tertiary/aromatic N) is 1. The van der Waals surface area contributed by atoms with E-state index < -0.39 is 11.9 Å². The van der Waals surface area contributed by atoms with Crippen molar-refractivity contribution in [3.63, 3.8) is 0 Å². The molecule has 20 heavy (non-hydrogen) atoms. The van der Waals surface area contributed by atoms with Crippen molar-refractivity contribution in [3.05, 3.63) is 40.2 Å². The number of benzene rings is 1. The normalized spacial score (nSPS) is 10.2. The van der Waals surface area contributed by atoms with Crippen molar-refractivity contribution in [3.8, 4) is 11.5 Å². The second-order valence-electron chi connectivity index (χ2n) is 3.69. The number of rotatable bonds is 3. The third-order valence-corrected chi connectivity index (χ3v) is 2.94. The van der Waals surface area contributed by atoms with Gasteiger partial charge in [0.1, 0.15) is 0 Å². The molecule has 2 rings (SSSR count). The Hall–Kier alpha value is -2.15. The first-order valence-corrected chi connectivity index (χ1v) is 6.29. The molecule has 1 aromatic carbocycles. The summed E-state index contributed by atoms with van der Waals surface area (Å²) < 4.78 is 15.3. The molecule has 0 saturated heterocycles. The number of carbonyl (C=O) groups excluding carboxylic acids is 2. The maximum Gasteiger partial charge on any atom is 0.376 e. The molecule has 0 atom stereocenters. The summed E-state index contributed by atoms with van der Waals surface area (Å²) in [7, 11) is 2.38. The van der Waals surface area contributed by atoms with Crippen molar-refractivity contribution >= 4 is 27.9 Å². The van der Waals surface area contributed by atoms with Gasteiger partial charge < -0.3 is 13.9 Å². The zero-order valence-electron chi connectivity index (χ0n) is 10.7. The molecule has 0 N–H and O–H groups in total. The van der Waals surface area contributed by atoms with Crippen LogP contribution in [0.3, 0.4) is 0 Å². The molecular formula is C13H10BrNO5. The largest absolute Gasteiger partial charge is 0.464 e. The Balaban J connectivity index is 2.54. The highest BCUT2D eigenvalue weighted by Gasteiger charge is 2.27. The predicted octanol–water partition coefficient (Wildman–Crippen LogP) is 2.68. The van der Waals surface area contributed by atoms with E-state index in [1.165, 1.54) is 14.2 Å². The lowest BCUT2D eigenvalue weighted by atomic mass is 10.2. The van der Waals surface area contributed by atoms with Crippen LogP contribution >= 0.6 is 15.9 Å². The quantitative estimate of drug-likeness (QED) is 0.800. The summed E-state index contributed by atoms with van der Waals surface area (Å²) in [5.41, 5.74) is 0.397. The molecule has 0 fully saturated rings. The lowest BCUT2D eigenvalue weighted by Crippen LogP contribution is -2.10. The summed E-state index contributed by atoms with van der Waals surface area (Å²) in [6.45, 7) is 0. The van der Waals surface area contributed by atoms with Crippen LogP contribution in [0, 0.1) is 0 Å². The predicted molar refractivity (Wildman–Crippen MR) is 72.3 cm³/mol. The molecule has 0 saturated carbocycles. The number of aromatic nitrogens is 1. The van der Waals surface area contributed by atoms with Crippen LogP contribution in [0.25, 0.3) is 11.5 Å². The van der Waals surface area contributed by atoms with Crippen LogP contribution in [0.15, 0.2) is 33.2 Å². The molecule has 0 unspecified atom stereocenters. The van der Waals surface area contributed by atoms with Gasteiger partial charge in [0, 0.05) is 10.0 Å². The molecule has 1 heterocycles. The average molecular weight is 340 g/mol. The van der Waals surface area contributed by atoms with Crippen LogP contribution in [0.1, 0.15) is 21.0 Å². The van der Waals surface area contributed by atoms with E-state index in [9.17, 15) is 9.59 Å². The van der Waals surface area contributed by atoms with Crippen LogP contribution in [0.4, 0.5) is 0 Å². The molecule has 0 radical (unpaired) electrons. The molecule has 7 heteroatoms. The number of esters is 2. The SMILES string of the molecule is COC(=O)c1nc(-c2cccc(Br)c2)oc1C(=O)OC. The maximum atomic E-state index is 11.6. The Bertz CT molecular complexity index is 631. The van der Waals surface area contributed by atoms with E-state index in [1.807, 2.05) is 6.07 Å². The number of methoxy groups -OCH3 is 2. The van der Waals surface area contributed by atoms with Crippen LogP contribution in [-0.4, -0.2) is 31.1 Å². The smallest absolute Gasteiger partial charge is 0.376 e.